The molecule has 0 aliphatic carbocycles. The second kappa shape index (κ2) is 9.24. The third-order valence-corrected chi connectivity index (χ3v) is 6.13. The number of carbonyl (C=O) groups is 2. The summed E-state index contributed by atoms with van der Waals surface area (Å²) in [5.74, 6) is 0.214. The summed E-state index contributed by atoms with van der Waals surface area (Å²) in [4.78, 5) is 27.4. The summed E-state index contributed by atoms with van der Waals surface area (Å²) in [6.45, 7) is 5.15. The highest BCUT2D eigenvalue weighted by atomic mass is 35.5. The molecule has 1 aromatic heterocycles. The Morgan fingerprint density at radius 1 is 1.17 bits per heavy atom. The van der Waals surface area contributed by atoms with Gasteiger partial charge in [-0.2, -0.15) is 0 Å². The minimum absolute atomic E-state index is 0.353. The smallest absolute Gasteiger partial charge is 0.414 e. The number of amides is 2. The molecule has 3 rings (SSSR count). The zero-order valence-electron chi connectivity index (χ0n) is 17.5. The number of methoxy groups -OCH3 is 1. The topological polar surface area (TPSA) is 79.9 Å². The largest absolute Gasteiger partial charge is 0.495 e. The molecule has 9 heteroatoms. The van der Waals surface area contributed by atoms with E-state index in [2.05, 4.69) is 22.6 Å². The average Bonchev–Trinajstić information content (AvgIpc) is 2.99. The van der Waals surface area contributed by atoms with E-state index in [-0.39, 0.29) is 5.91 Å². The van der Waals surface area contributed by atoms with Crippen molar-refractivity contribution in [3.8, 4) is 10.8 Å². The van der Waals surface area contributed by atoms with Gasteiger partial charge in [0.25, 0.3) is 0 Å². The van der Waals surface area contributed by atoms with Gasteiger partial charge in [0.15, 0.2) is 5.06 Å². The van der Waals surface area contributed by atoms with Gasteiger partial charge in [-0.15, -0.1) is 0 Å². The normalized spacial score (nSPS) is 14.4. The highest BCUT2D eigenvalue weighted by molar-refractivity contribution is 7.17. The Morgan fingerprint density at radius 2 is 1.83 bits per heavy atom. The Morgan fingerprint density at radius 3 is 2.43 bits per heavy atom. The SMILES string of the molecule is COc1cc2c(cc1NC(=O)C(C)(C)NC(=O)Oc1ccc(Cl)s1)CCN(C)CC2. The van der Waals surface area contributed by atoms with Crippen LogP contribution in [0.25, 0.3) is 0 Å². The molecular formula is C21H26ClN3O4S. The van der Waals surface area contributed by atoms with Gasteiger partial charge in [0, 0.05) is 13.1 Å². The molecule has 7 nitrogen and oxygen atoms in total. The lowest BCUT2D eigenvalue weighted by atomic mass is 10.0. The van der Waals surface area contributed by atoms with E-state index in [0.717, 1.165) is 37.3 Å². The zero-order valence-corrected chi connectivity index (χ0v) is 19.1. The van der Waals surface area contributed by atoms with E-state index >= 15 is 0 Å². The van der Waals surface area contributed by atoms with Gasteiger partial charge in [0.2, 0.25) is 5.91 Å². The lowest BCUT2D eigenvalue weighted by Crippen LogP contribution is -2.53. The van der Waals surface area contributed by atoms with Crippen molar-refractivity contribution >= 4 is 40.6 Å². The molecule has 30 heavy (non-hydrogen) atoms. The Bertz CT molecular complexity index is 944. The molecule has 1 aliphatic rings. The second-order valence-corrected chi connectivity index (χ2v) is 9.45. The van der Waals surface area contributed by atoms with Crippen LogP contribution in [-0.2, 0) is 17.6 Å². The van der Waals surface area contributed by atoms with Crippen molar-refractivity contribution in [1.29, 1.82) is 0 Å². The highest BCUT2D eigenvalue weighted by Crippen LogP contribution is 2.31. The number of hydrogen-bond donors (Lipinski definition) is 2. The van der Waals surface area contributed by atoms with E-state index in [1.165, 1.54) is 11.1 Å². The van der Waals surface area contributed by atoms with E-state index in [1.54, 1.807) is 33.1 Å². The van der Waals surface area contributed by atoms with Crippen molar-refractivity contribution < 1.29 is 19.1 Å². The number of ether oxygens (including phenoxy) is 2. The molecule has 1 aromatic carbocycles. The van der Waals surface area contributed by atoms with E-state index in [4.69, 9.17) is 21.1 Å². The number of carbonyl (C=O) groups excluding carboxylic acids is 2. The minimum atomic E-state index is -1.21. The van der Waals surface area contributed by atoms with E-state index in [0.29, 0.717) is 20.8 Å². The quantitative estimate of drug-likeness (QED) is 0.719. The maximum absolute atomic E-state index is 12.9. The maximum atomic E-state index is 12.9. The third-order valence-electron chi connectivity index (χ3n) is 5.02. The molecule has 0 unspecified atom stereocenters. The summed E-state index contributed by atoms with van der Waals surface area (Å²) in [6.07, 6.45) is 1.10. The van der Waals surface area contributed by atoms with Crippen LogP contribution in [0.5, 0.6) is 10.8 Å². The first-order valence-corrected chi connectivity index (χ1v) is 10.8. The summed E-state index contributed by atoms with van der Waals surface area (Å²) in [6, 6.07) is 7.18. The highest BCUT2D eigenvalue weighted by Gasteiger charge is 2.31. The summed E-state index contributed by atoms with van der Waals surface area (Å²) in [5.41, 5.74) is 1.79. The standard InChI is InChI=1S/C21H26ClN3O4S/c1-21(2,24-20(27)29-18-6-5-17(22)30-18)19(26)23-15-11-13-7-9-25(3)10-8-14(13)12-16(15)28-4/h5-6,11-12H,7-10H2,1-4H3,(H,23,26)(H,24,27). The molecule has 2 amide bonds. The number of nitrogens with zero attached hydrogens (tertiary/aromatic N) is 1. The van der Waals surface area contributed by atoms with Gasteiger partial charge in [0.05, 0.1) is 17.1 Å². The fraction of sp³-hybridized carbons (Fsp3) is 0.429. The van der Waals surface area contributed by atoms with Crippen LogP contribution in [0.3, 0.4) is 0 Å². The van der Waals surface area contributed by atoms with Gasteiger partial charge in [-0.3, -0.25) is 4.79 Å². The van der Waals surface area contributed by atoms with E-state index in [1.807, 2.05) is 12.1 Å². The summed E-state index contributed by atoms with van der Waals surface area (Å²) in [7, 11) is 3.68. The number of benzene rings is 1. The van der Waals surface area contributed by atoms with Crippen molar-refractivity contribution in [3.63, 3.8) is 0 Å². The molecule has 0 bridgehead atoms. The first-order chi connectivity index (χ1) is 14.2. The maximum Gasteiger partial charge on any atom is 0.414 e. The first-order valence-electron chi connectivity index (χ1n) is 9.63. The predicted octanol–water partition coefficient (Wildman–Crippen LogP) is 3.95. The number of halogens is 1. The molecule has 0 saturated carbocycles. The fourth-order valence-corrected chi connectivity index (χ4v) is 4.07. The van der Waals surface area contributed by atoms with Crippen molar-refractivity contribution in [3.05, 3.63) is 39.7 Å². The van der Waals surface area contributed by atoms with Crippen molar-refractivity contribution in [1.82, 2.24) is 10.2 Å². The van der Waals surface area contributed by atoms with Gasteiger partial charge in [-0.1, -0.05) is 22.9 Å². The Hall–Kier alpha value is -2.29. The van der Waals surface area contributed by atoms with Crippen molar-refractivity contribution in [2.24, 2.45) is 0 Å². The number of fused-ring (bicyclic) bond motifs is 1. The molecule has 162 valence electrons. The number of nitrogens with one attached hydrogen (secondary N) is 2. The van der Waals surface area contributed by atoms with Gasteiger partial charge >= 0.3 is 6.09 Å². The summed E-state index contributed by atoms with van der Waals surface area (Å²) < 4.78 is 11.2. The monoisotopic (exact) mass is 451 g/mol. The number of anilines is 1. The van der Waals surface area contributed by atoms with Crippen LogP contribution in [-0.4, -0.2) is 49.7 Å². The van der Waals surface area contributed by atoms with Crippen LogP contribution < -0.4 is 20.1 Å². The molecule has 1 aliphatic heterocycles. The molecule has 2 N–H and O–H groups in total. The number of hydrogen-bond acceptors (Lipinski definition) is 6. The Kier molecular flexibility index (Phi) is 6.90. The Balaban J connectivity index is 1.71. The Labute approximate surface area is 185 Å². The number of likely N-dealkylation sites (N-methyl/N-ethyl adjacent to an activating group) is 1. The van der Waals surface area contributed by atoms with E-state index < -0.39 is 11.6 Å². The van der Waals surface area contributed by atoms with Gasteiger partial charge in [-0.25, -0.2) is 4.79 Å². The third kappa shape index (κ3) is 5.44. The average molecular weight is 452 g/mol. The molecular weight excluding hydrogens is 426 g/mol. The molecule has 0 fully saturated rings. The van der Waals surface area contributed by atoms with Gasteiger partial charge < -0.3 is 25.0 Å². The van der Waals surface area contributed by atoms with E-state index in [9.17, 15) is 9.59 Å². The van der Waals surface area contributed by atoms with Crippen LogP contribution in [0.2, 0.25) is 4.34 Å². The lowest BCUT2D eigenvalue weighted by molar-refractivity contribution is -0.121. The van der Waals surface area contributed by atoms with Crippen LogP contribution in [0, 0.1) is 0 Å². The number of thiophene rings is 1. The molecule has 0 atom stereocenters. The van der Waals surface area contributed by atoms with Crippen molar-refractivity contribution in [2.45, 2.75) is 32.2 Å². The lowest BCUT2D eigenvalue weighted by Gasteiger charge is -2.25. The summed E-state index contributed by atoms with van der Waals surface area (Å²) in [5, 5.41) is 5.84. The second-order valence-electron chi connectivity index (χ2n) is 7.78. The predicted molar refractivity (Wildman–Crippen MR) is 119 cm³/mol. The minimum Gasteiger partial charge on any atom is -0.495 e. The van der Waals surface area contributed by atoms with Gasteiger partial charge in [0.1, 0.15) is 11.3 Å². The van der Waals surface area contributed by atoms with Crippen LogP contribution in [0.1, 0.15) is 25.0 Å². The fourth-order valence-electron chi connectivity index (χ4n) is 3.19. The number of rotatable bonds is 5. The molecule has 2 aromatic rings. The van der Waals surface area contributed by atoms with Crippen LogP contribution >= 0.6 is 22.9 Å². The zero-order chi connectivity index (χ0) is 21.9. The van der Waals surface area contributed by atoms with Crippen LogP contribution in [0.4, 0.5) is 10.5 Å². The molecule has 0 radical (unpaired) electrons. The molecule has 0 spiro atoms. The molecule has 2 heterocycles. The summed E-state index contributed by atoms with van der Waals surface area (Å²) >= 11 is 6.98. The van der Waals surface area contributed by atoms with Crippen LogP contribution in [0.15, 0.2) is 24.3 Å². The first kappa shape index (κ1) is 22.4. The molecule has 0 saturated heterocycles. The van der Waals surface area contributed by atoms with Gasteiger partial charge in [-0.05, 0) is 69.1 Å². The van der Waals surface area contributed by atoms with Crippen molar-refractivity contribution in [2.75, 3.05) is 32.6 Å².